The minimum atomic E-state index is -0.319. The molecular weight excluding hydrogens is 241 g/mol. The molecule has 0 aromatic rings. The number of carbonyl (C=O) groups is 1. The summed E-state index contributed by atoms with van der Waals surface area (Å²) in [6.45, 7) is 12.4. The van der Waals surface area contributed by atoms with Gasteiger partial charge in [-0.15, -0.1) is 0 Å². The first-order valence-corrected chi connectivity index (χ1v) is 6.95. The van der Waals surface area contributed by atoms with Crippen LogP contribution in [-0.2, 0) is 14.1 Å². The topological polar surface area (TPSA) is 38.8 Å². The molecule has 0 saturated carbocycles. The van der Waals surface area contributed by atoms with Crippen molar-refractivity contribution >= 4 is 13.0 Å². The molecule has 1 fully saturated rings. The molecule has 0 radical (unpaired) electrons. The number of nitrogens with zero attached hydrogens (tertiary/aromatic N) is 1. The largest absolute Gasteiger partial charge is 0.463 e. The molecule has 0 spiro atoms. The van der Waals surface area contributed by atoms with Crippen molar-refractivity contribution in [2.45, 2.75) is 70.9 Å². The Morgan fingerprint density at radius 3 is 1.89 bits per heavy atom. The van der Waals surface area contributed by atoms with Crippen LogP contribution in [0.2, 0.25) is 5.31 Å². The summed E-state index contributed by atoms with van der Waals surface area (Å²) in [5, 5.41) is -0.184. The number of hydrogen-bond acceptors (Lipinski definition) is 3. The standard InChI is InChI=1S/C14H28BNO3/c1-12(2,10-9-11(17)16(7)8)15-18-13(3,4)14(5,6)19-15/h9-10H2,1-8H3. The summed E-state index contributed by atoms with van der Waals surface area (Å²) in [4.78, 5) is 13.3. The van der Waals surface area contributed by atoms with Crippen molar-refractivity contribution in [3.63, 3.8) is 0 Å². The molecule has 0 unspecified atom stereocenters. The summed E-state index contributed by atoms with van der Waals surface area (Å²) in [7, 11) is 3.29. The van der Waals surface area contributed by atoms with Crippen LogP contribution < -0.4 is 0 Å². The molecule has 1 heterocycles. The number of hydrogen-bond donors (Lipinski definition) is 0. The third kappa shape index (κ3) is 3.51. The molecule has 4 nitrogen and oxygen atoms in total. The van der Waals surface area contributed by atoms with Gasteiger partial charge in [-0.1, -0.05) is 13.8 Å². The van der Waals surface area contributed by atoms with Crippen molar-refractivity contribution in [2.24, 2.45) is 0 Å². The lowest BCUT2D eigenvalue weighted by Crippen LogP contribution is -2.41. The Labute approximate surface area is 118 Å². The molecule has 110 valence electrons. The molecule has 1 aliphatic heterocycles. The van der Waals surface area contributed by atoms with Crippen molar-refractivity contribution in [1.82, 2.24) is 4.90 Å². The van der Waals surface area contributed by atoms with Crippen LogP contribution >= 0.6 is 0 Å². The maximum Gasteiger partial charge on any atom is 0.463 e. The number of rotatable bonds is 4. The summed E-state index contributed by atoms with van der Waals surface area (Å²) in [5.41, 5.74) is -0.638. The van der Waals surface area contributed by atoms with E-state index in [1.54, 1.807) is 19.0 Å². The van der Waals surface area contributed by atoms with Gasteiger partial charge in [0.1, 0.15) is 0 Å². The van der Waals surface area contributed by atoms with Gasteiger partial charge in [0, 0.05) is 25.8 Å². The fourth-order valence-corrected chi connectivity index (χ4v) is 1.93. The lowest BCUT2D eigenvalue weighted by atomic mass is 9.57. The van der Waals surface area contributed by atoms with Crippen molar-refractivity contribution in [3.05, 3.63) is 0 Å². The molecule has 1 amide bonds. The van der Waals surface area contributed by atoms with Gasteiger partial charge < -0.3 is 14.2 Å². The van der Waals surface area contributed by atoms with Gasteiger partial charge in [0.25, 0.3) is 0 Å². The first-order valence-electron chi connectivity index (χ1n) is 6.95. The number of carbonyl (C=O) groups excluding carboxylic acids is 1. The Morgan fingerprint density at radius 1 is 1.11 bits per heavy atom. The molecule has 5 heteroatoms. The van der Waals surface area contributed by atoms with E-state index in [1.807, 2.05) is 27.7 Å². The highest BCUT2D eigenvalue weighted by Gasteiger charge is 2.56. The van der Waals surface area contributed by atoms with E-state index < -0.39 is 0 Å². The van der Waals surface area contributed by atoms with Gasteiger partial charge in [-0.05, 0) is 34.1 Å². The smallest absolute Gasteiger partial charge is 0.403 e. The van der Waals surface area contributed by atoms with Crippen LogP contribution in [-0.4, -0.2) is 43.2 Å². The van der Waals surface area contributed by atoms with Crippen LogP contribution in [0, 0.1) is 0 Å². The molecule has 19 heavy (non-hydrogen) atoms. The molecule has 0 aromatic heterocycles. The Hall–Kier alpha value is -0.545. The number of amides is 1. The summed E-state index contributed by atoms with van der Waals surface area (Å²) < 4.78 is 12.1. The van der Waals surface area contributed by atoms with Gasteiger partial charge in [-0.2, -0.15) is 0 Å². The average Bonchev–Trinajstić information content (AvgIpc) is 2.45. The minimum absolute atomic E-state index is 0.143. The van der Waals surface area contributed by atoms with Gasteiger partial charge in [0.2, 0.25) is 5.91 Å². The van der Waals surface area contributed by atoms with Crippen LogP contribution in [0.25, 0.3) is 0 Å². The molecule has 0 aromatic carbocycles. The van der Waals surface area contributed by atoms with E-state index in [-0.39, 0.29) is 29.5 Å². The van der Waals surface area contributed by atoms with Gasteiger partial charge in [-0.3, -0.25) is 4.79 Å². The fraction of sp³-hybridized carbons (Fsp3) is 0.929. The maximum absolute atomic E-state index is 11.7. The van der Waals surface area contributed by atoms with Gasteiger partial charge >= 0.3 is 7.12 Å². The zero-order chi connectivity index (χ0) is 15.1. The summed E-state index contributed by atoms with van der Waals surface area (Å²) in [6, 6.07) is 0. The highest BCUT2D eigenvalue weighted by Crippen LogP contribution is 2.46. The Kier molecular flexibility index (Phi) is 4.43. The highest BCUT2D eigenvalue weighted by atomic mass is 16.7. The Balaban J connectivity index is 2.67. The zero-order valence-electron chi connectivity index (χ0n) is 13.7. The third-order valence-electron chi connectivity index (χ3n) is 4.37. The van der Waals surface area contributed by atoms with Crippen molar-refractivity contribution < 1.29 is 14.1 Å². The van der Waals surface area contributed by atoms with E-state index in [0.29, 0.717) is 6.42 Å². The maximum atomic E-state index is 11.7. The van der Waals surface area contributed by atoms with Gasteiger partial charge in [-0.25, -0.2) is 0 Å². The Morgan fingerprint density at radius 2 is 1.53 bits per heavy atom. The van der Waals surface area contributed by atoms with E-state index in [9.17, 15) is 4.79 Å². The first-order chi connectivity index (χ1) is 8.39. The molecular formula is C14H28BNO3. The van der Waals surface area contributed by atoms with Crippen molar-refractivity contribution in [1.29, 1.82) is 0 Å². The SMILES string of the molecule is CN(C)C(=O)CCC(C)(C)B1OC(C)(C)C(C)(C)O1. The van der Waals surface area contributed by atoms with Crippen LogP contribution in [0.3, 0.4) is 0 Å². The first kappa shape index (κ1) is 16.5. The fourth-order valence-electron chi connectivity index (χ4n) is 1.93. The molecule has 1 rings (SSSR count). The normalized spacial score (nSPS) is 21.6. The molecule has 1 saturated heterocycles. The monoisotopic (exact) mass is 269 g/mol. The quantitative estimate of drug-likeness (QED) is 0.736. The van der Waals surface area contributed by atoms with Crippen LogP contribution in [0.5, 0.6) is 0 Å². The van der Waals surface area contributed by atoms with E-state index in [0.717, 1.165) is 6.42 Å². The molecule has 0 bridgehead atoms. The van der Waals surface area contributed by atoms with E-state index in [2.05, 4.69) is 13.8 Å². The lowest BCUT2D eigenvalue weighted by molar-refractivity contribution is -0.128. The van der Waals surface area contributed by atoms with Gasteiger partial charge in [0.05, 0.1) is 11.2 Å². The molecule has 0 atom stereocenters. The third-order valence-corrected chi connectivity index (χ3v) is 4.37. The van der Waals surface area contributed by atoms with Crippen LogP contribution in [0.4, 0.5) is 0 Å². The highest BCUT2D eigenvalue weighted by molar-refractivity contribution is 6.49. The molecule has 1 aliphatic rings. The van der Waals surface area contributed by atoms with Crippen LogP contribution in [0.15, 0.2) is 0 Å². The van der Waals surface area contributed by atoms with E-state index >= 15 is 0 Å². The van der Waals surface area contributed by atoms with Crippen molar-refractivity contribution in [2.75, 3.05) is 14.1 Å². The molecule has 0 N–H and O–H groups in total. The van der Waals surface area contributed by atoms with Gasteiger partial charge in [0.15, 0.2) is 0 Å². The zero-order valence-corrected chi connectivity index (χ0v) is 13.7. The second-order valence-electron chi connectivity index (χ2n) is 7.36. The predicted octanol–water partition coefficient (Wildman–Crippen LogP) is 2.73. The minimum Gasteiger partial charge on any atom is -0.403 e. The van der Waals surface area contributed by atoms with E-state index in [1.165, 1.54) is 0 Å². The molecule has 0 aliphatic carbocycles. The summed E-state index contributed by atoms with van der Waals surface area (Å²) in [5.74, 6) is 0.143. The predicted molar refractivity (Wildman–Crippen MR) is 78.1 cm³/mol. The van der Waals surface area contributed by atoms with Crippen molar-refractivity contribution in [3.8, 4) is 0 Å². The summed E-state index contributed by atoms with van der Waals surface area (Å²) >= 11 is 0. The lowest BCUT2D eigenvalue weighted by Gasteiger charge is -2.32. The second kappa shape index (κ2) is 5.10. The Bertz CT molecular complexity index is 335. The summed E-state index contributed by atoms with van der Waals surface area (Å²) in [6.07, 6.45) is 1.27. The van der Waals surface area contributed by atoms with Crippen LogP contribution in [0.1, 0.15) is 54.4 Å². The average molecular weight is 269 g/mol. The second-order valence-corrected chi connectivity index (χ2v) is 7.36. The van der Waals surface area contributed by atoms with E-state index in [4.69, 9.17) is 9.31 Å².